The Morgan fingerprint density at radius 2 is 2.06 bits per heavy atom. The normalized spacial score (nSPS) is 31.6. The molecule has 6 heteroatoms. The van der Waals surface area contributed by atoms with Crippen molar-refractivity contribution in [1.29, 1.82) is 0 Å². The number of hydrogen-bond acceptors (Lipinski definition) is 5. The third kappa shape index (κ3) is 2.20. The zero-order valence-corrected chi connectivity index (χ0v) is 9.78. The molecule has 5 nitrogen and oxygen atoms in total. The van der Waals surface area contributed by atoms with Crippen LogP contribution in [0.25, 0.3) is 0 Å². The smallest absolute Gasteiger partial charge is 0.124 e. The molecule has 1 heterocycles. The first-order chi connectivity index (χ1) is 8.58. The van der Waals surface area contributed by atoms with E-state index in [1.807, 2.05) is 0 Å². The Balaban J connectivity index is 2.34. The van der Waals surface area contributed by atoms with Crippen LogP contribution in [-0.2, 0) is 4.74 Å². The molecule has 4 atom stereocenters. The van der Waals surface area contributed by atoms with Gasteiger partial charge in [0, 0.05) is 5.56 Å². The molecule has 0 unspecified atom stereocenters. The molecular weight excluding hydrogens is 243 g/mol. The van der Waals surface area contributed by atoms with Gasteiger partial charge in [-0.1, -0.05) is 0 Å². The van der Waals surface area contributed by atoms with E-state index >= 15 is 0 Å². The topological polar surface area (TPSA) is 79.2 Å². The second-order valence-corrected chi connectivity index (χ2v) is 4.15. The van der Waals surface area contributed by atoms with Gasteiger partial charge in [-0.25, -0.2) is 4.39 Å². The third-order valence-electron chi connectivity index (χ3n) is 3.04. The zero-order valence-electron chi connectivity index (χ0n) is 9.78. The average molecular weight is 258 g/mol. The molecule has 0 saturated carbocycles. The summed E-state index contributed by atoms with van der Waals surface area (Å²) in [6.07, 6.45) is -4.27. The van der Waals surface area contributed by atoms with Gasteiger partial charge in [0.1, 0.15) is 36.0 Å². The molecule has 0 aliphatic carbocycles. The Kier molecular flexibility index (Phi) is 3.82. The molecule has 1 aromatic carbocycles. The molecule has 0 spiro atoms. The number of aliphatic hydroxyl groups excluding tert-OH is 3. The van der Waals surface area contributed by atoms with E-state index in [1.165, 1.54) is 25.3 Å². The molecule has 2 rings (SSSR count). The van der Waals surface area contributed by atoms with Crippen molar-refractivity contribution in [2.45, 2.75) is 24.4 Å². The van der Waals surface area contributed by atoms with Crippen LogP contribution in [0.15, 0.2) is 18.2 Å². The summed E-state index contributed by atoms with van der Waals surface area (Å²) in [6.45, 7) is -0.424. The van der Waals surface area contributed by atoms with Gasteiger partial charge in [-0.15, -0.1) is 0 Å². The van der Waals surface area contributed by atoms with Crippen LogP contribution >= 0.6 is 0 Å². The van der Waals surface area contributed by atoms with Crippen LogP contribution < -0.4 is 4.74 Å². The molecule has 0 radical (unpaired) electrons. The minimum absolute atomic E-state index is 0.306. The summed E-state index contributed by atoms with van der Waals surface area (Å²) >= 11 is 0. The van der Waals surface area contributed by atoms with E-state index in [4.69, 9.17) is 14.6 Å². The van der Waals surface area contributed by atoms with E-state index in [9.17, 15) is 14.6 Å². The van der Waals surface area contributed by atoms with E-state index < -0.39 is 36.8 Å². The van der Waals surface area contributed by atoms with E-state index in [0.717, 1.165) is 0 Å². The molecular formula is C12H15FO5. The van der Waals surface area contributed by atoms with Crippen LogP contribution in [0.4, 0.5) is 4.39 Å². The molecule has 0 amide bonds. The van der Waals surface area contributed by atoms with E-state index in [1.54, 1.807) is 0 Å². The van der Waals surface area contributed by atoms with Gasteiger partial charge in [0.15, 0.2) is 0 Å². The third-order valence-corrected chi connectivity index (χ3v) is 3.04. The van der Waals surface area contributed by atoms with Crippen LogP contribution in [0, 0.1) is 5.82 Å². The Hall–Kier alpha value is -1.21. The number of aliphatic hydroxyl groups is 3. The Bertz CT molecular complexity index is 425. The molecule has 1 saturated heterocycles. The molecule has 1 fully saturated rings. The maximum atomic E-state index is 13.2. The number of hydrogen-bond donors (Lipinski definition) is 3. The highest BCUT2D eigenvalue weighted by molar-refractivity contribution is 5.37. The lowest BCUT2D eigenvalue weighted by Gasteiger charge is -2.18. The standard InChI is InChI=1S/C12H15FO5/c1-17-8-3-2-6(13)4-7(8)12-11(16)10(15)9(5-14)18-12/h2-4,9-12,14-16H,5H2,1H3/t9-,10+,11+,12+/m1/s1. The minimum atomic E-state index is -1.24. The van der Waals surface area contributed by atoms with Crippen molar-refractivity contribution in [1.82, 2.24) is 0 Å². The highest BCUT2D eigenvalue weighted by Gasteiger charge is 2.44. The summed E-state index contributed by atoms with van der Waals surface area (Å²) < 4.78 is 23.6. The van der Waals surface area contributed by atoms with Gasteiger partial charge in [0.05, 0.1) is 13.7 Å². The van der Waals surface area contributed by atoms with E-state index in [0.29, 0.717) is 11.3 Å². The number of rotatable bonds is 3. The fourth-order valence-corrected chi connectivity index (χ4v) is 2.08. The van der Waals surface area contributed by atoms with Gasteiger partial charge in [-0.3, -0.25) is 0 Å². The van der Waals surface area contributed by atoms with Crippen molar-refractivity contribution in [3.63, 3.8) is 0 Å². The fourth-order valence-electron chi connectivity index (χ4n) is 2.08. The molecule has 0 bridgehead atoms. The van der Waals surface area contributed by atoms with Crippen molar-refractivity contribution in [3.05, 3.63) is 29.6 Å². The van der Waals surface area contributed by atoms with Crippen LogP contribution in [0.5, 0.6) is 5.75 Å². The molecule has 3 N–H and O–H groups in total. The second-order valence-electron chi connectivity index (χ2n) is 4.15. The monoisotopic (exact) mass is 258 g/mol. The van der Waals surface area contributed by atoms with Crippen molar-refractivity contribution in [2.75, 3.05) is 13.7 Å². The maximum absolute atomic E-state index is 13.2. The van der Waals surface area contributed by atoms with Crippen LogP contribution in [-0.4, -0.2) is 47.3 Å². The average Bonchev–Trinajstić information content (AvgIpc) is 2.66. The van der Waals surface area contributed by atoms with Gasteiger partial charge >= 0.3 is 0 Å². The molecule has 0 aromatic heterocycles. The van der Waals surface area contributed by atoms with Crippen molar-refractivity contribution >= 4 is 0 Å². The molecule has 1 aliphatic rings. The Morgan fingerprint density at radius 3 is 2.61 bits per heavy atom. The van der Waals surface area contributed by atoms with E-state index in [-0.39, 0.29) is 0 Å². The maximum Gasteiger partial charge on any atom is 0.124 e. The quantitative estimate of drug-likeness (QED) is 0.710. The van der Waals surface area contributed by atoms with Crippen LogP contribution in [0.3, 0.4) is 0 Å². The minimum Gasteiger partial charge on any atom is -0.496 e. The van der Waals surface area contributed by atoms with Crippen molar-refractivity contribution in [2.24, 2.45) is 0 Å². The second kappa shape index (κ2) is 5.19. The summed E-state index contributed by atoms with van der Waals surface area (Å²) in [7, 11) is 1.41. The molecule has 1 aliphatic heterocycles. The summed E-state index contributed by atoms with van der Waals surface area (Å²) in [5.74, 6) is -0.144. The van der Waals surface area contributed by atoms with Gasteiger partial charge in [0.2, 0.25) is 0 Å². The molecule has 100 valence electrons. The van der Waals surface area contributed by atoms with Crippen molar-refractivity contribution in [3.8, 4) is 5.75 Å². The summed E-state index contributed by atoms with van der Waals surface area (Å²) in [4.78, 5) is 0. The Morgan fingerprint density at radius 1 is 1.33 bits per heavy atom. The van der Waals surface area contributed by atoms with Crippen LogP contribution in [0.1, 0.15) is 11.7 Å². The lowest BCUT2D eigenvalue weighted by molar-refractivity contribution is -0.0233. The lowest BCUT2D eigenvalue weighted by Crippen LogP contribution is -2.32. The van der Waals surface area contributed by atoms with Gasteiger partial charge in [-0.2, -0.15) is 0 Å². The SMILES string of the molecule is COc1ccc(F)cc1[C@@H]1O[C@H](CO)[C@H](O)[C@@H]1O. The first kappa shape index (κ1) is 13.2. The summed E-state index contributed by atoms with van der Waals surface area (Å²) in [6, 6.07) is 3.82. The molecule has 18 heavy (non-hydrogen) atoms. The summed E-state index contributed by atoms with van der Waals surface area (Å²) in [5, 5.41) is 28.5. The zero-order chi connectivity index (χ0) is 13.3. The van der Waals surface area contributed by atoms with Gasteiger partial charge < -0.3 is 24.8 Å². The highest BCUT2D eigenvalue weighted by atomic mass is 19.1. The number of ether oxygens (including phenoxy) is 2. The summed E-state index contributed by atoms with van der Waals surface area (Å²) in [5.41, 5.74) is 0.306. The Labute approximate surface area is 103 Å². The largest absolute Gasteiger partial charge is 0.496 e. The van der Waals surface area contributed by atoms with Crippen LogP contribution in [0.2, 0.25) is 0 Å². The fraction of sp³-hybridized carbons (Fsp3) is 0.500. The first-order valence-electron chi connectivity index (χ1n) is 5.54. The number of methoxy groups -OCH3 is 1. The first-order valence-corrected chi connectivity index (χ1v) is 5.54. The van der Waals surface area contributed by atoms with Gasteiger partial charge in [-0.05, 0) is 18.2 Å². The van der Waals surface area contributed by atoms with Crippen molar-refractivity contribution < 1.29 is 29.2 Å². The lowest BCUT2D eigenvalue weighted by atomic mass is 10.0. The predicted molar refractivity (Wildman–Crippen MR) is 59.7 cm³/mol. The number of benzene rings is 1. The number of halogens is 1. The predicted octanol–water partition coefficient (Wildman–Crippen LogP) is -0.0117. The van der Waals surface area contributed by atoms with E-state index in [2.05, 4.69) is 0 Å². The van der Waals surface area contributed by atoms with Gasteiger partial charge in [0.25, 0.3) is 0 Å². The highest BCUT2D eigenvalue weighted by Crippen LogP contribution is 2.38. The molecule has 1 aromatic rings.